The van der Waals surface area contributed by atoms with Crippen LogP contribution in [0.25, 0.3) is 11.0 Å². The Morgan fingerprint density at radius 1 is 1.12 bits per heavy atom. The summed E-state index contributed by atoms with van der Waals surface area (Å²) in [7, 11) is 0. The summed E-state index contributed by atoms with van der Waals surface area (Å²) in [4.78, 5) is 24.3. The number of fused-ring (bicyclic) bond motifs is 2. The minimum Gasteiger partial charge on any atom is -0.488 e. The summed E-state index contributed by atoms with van der Waals surface area (Å²) < 4.78 is 27.3. The van der Waals surface area contributed by atoms with Crippen molar-refractivity contribution in [3.63, 3.8) is 0 Å². The average molecular weight is 459 g/mol. The molecule has 1 aliphatic rings. The fraction of sp³-hybridized carbons (Fsp3) is 0.333. The molecule has 168 valence electrons. The minimum atomic E-state index is -0.460. The summed E-state index contributed by atoms with van der Waals surface area (Å²) in [5.41, 5.74) is 2.72. The summed E-state index contributed by atoms with van der Waals surface area (Å²) >= 11 is 6.33. The van der Waals surface area contributed by atoms with Crippen molar-refractivity contribution in [2.24, 2.45) is 0 Å². The minimum absolute atomic E-state index is 0.126. The molecule has 3 aromatic rings. The molecule has 1 aromatic heterocycles. The van der Waals surface area contributed by atoms with E-state index in [2.05, 4.69) is 0 Å². The van der Waals surface area contributed by atoms with Crippen LogP contribution >= 0.6 is 11.6 Å². The van der Waals surface area contributed by atoms with Crippen molar-refractivity contribution in [1.29, 1.82) is 0 Å². The summed E-state index contributed by atoms with van der Waals surface area (Å²) in [5, 5.41) is 1.32. The van der Waals surface area contributed by atoms with E-state index in [9.17, 15) is 9.59 Å². The van der Waals surface area contributed by atoms with Crippen LogP contribution in [-0.4, -0.2) is 19.4 Å². The van der Waals surface area contributed by atoms with Gasteiger partial charge in [0.25, 0.3) is 0 Å². The number of esters is 1. The predicted molar refractivity (Wildman–Crippen MR) is 119 cm³/mol. The Bertz CT molecular complexity index is 1250. The number of hydrogen-bond donors (Lipinski definition) is 0. The van der Waals surface area contributed by atoms with Crippen molar-refractivity contribution in [3.05, 3.63) is 62.0 Å². The zero-order valence-corrected chi connectivity index (χ0v) is 18.8. The lowest BCUT2D eigenvalue weighted by molar-refractivity contribution is -0.143. The molecule has 0 N–H and O–H groups in total. The lowest BCUT2D eigenvalue weighted by Gasteiger charge is -2.14. The molecule has 1 aliphatic heterocycles. The molecule has 0 aliphatic carbocycles. The SMILES string of the molecule is CCOC(=O)CCc1c(C)c2ccc(OCc3cc4c(cc3Cl)OCO4)c(C)c2oc1=O. The smallest absolute Gasteiger partial charge is 0.339 e. The quantitative estimate of drug-likeness (QED) is 0.369. The van der Waals surface area contributed by atoms with Crippen LogP contribution in [0, 0.1) is 13.8 Å². The number of rotatable bonds is 7. The first kappa shape index (κ1) is 22.0. The Labute approximate surface area is 189 Å². The highest BCUT2D eigenvalue weighted by Gasteiger charge is 2.19. The molecular formula is C24H23ClO7. The number of ether oxygens (including phenoxy) is 4. The van der Waals surface area contributed by atoms with E-state index in [0.29, 0.717) is 45.6 Å². The second-order valence-electron chi connectivity index (χ2n) is 7.45. The van der Waals surface area contributed by atoms with Gasteiger partial charge in [-0.05, 0) is 51.0 Å². The second kappa shape index (κ2) is 9.12. The summed E-state index contributed by atoms with van der Waals surface area (Å²) in [6.45, 7) is 6.12. The predicted octanol–water partition coefficient (Wildman–Crippen LogP) is 4.87. The molecule has 2 aromatic carbocycles. The van der Waals surface area contributed by atoms with Gasteiger partial charge >= 0.3 is 11.6 Å². The van der Waals surface area contributed by atoms with Crippen molar-refractivity contribution in [1.82, 2.24) is 0 Å². The normalized spacial score (nSPS) is 12.2. The van der Waals surface area contributed by atoms with Crippen LogP contribution in [0.5, 0.6) is 17.2 Å². The molecule has 4 rings (SSSR count). The van der Waals surface area contributed by atoms with Gasteiger partial charge in [0, 0.05) is 34.6 Å². The van der Waals surface area contributed by atoms with Crippen molar-refractivity contribution < 1.29 is 28.2 Å². The molecule has 2 heterocycles. The van der Waals surface area contributed by atoms with E-state index >= 15 is 0 Å². The topological polar surface area (TPSA) is 84.2 Å². The average Bonchev–Trinajstić information content (AvgIpc) is 3.20. The monoisotopic (exact) mass is 458 g/mol. The molecule has 0 spiro atoms. The summed E-state index contributed by atoms with van der Waals surface area (Å²) in [5.74, 6) is 1.47. The summed E-state index contributed by atoms with van der Waals surface area (Å²) in [6.07, 6.45) is 0.393. The molecule has 8 heteroatoms. The first-order chi connectivity index (χ1) is 15.4. The van der Waals surface area contributed by atoms with Gasteiger partial charge in [-0.1, -0.05) is 11.6 Å². The number of benzene rings is 2. The first-order valence-electron chi connectivity index (χ1n) is 10.3. The number of carbonyl (C=O) groups excluding carboxylic acids is 1. The van der Waals surface area contributed by atoms with E-state index in [0.717, 1.165) is 16.5 Å². The third-order valence-electron chi connectivity index (χ3n) is 5.46. The molecule has 0 bridgehead atoms. The largest absolute Gasteiger partial charge is 0.488 e. The maximum Gasteiger partial charge on any atom is 0.339 e. The number of halogens is 1. The van der Waals surface area contributed by atoms with Crippen LogP contribution in [0.1, 0.15) is 35.6 Å². The van der Waals surface area contributed by atoms with Crippen molar-refractivity contribution >= 4 is 28.5 Å². The zero-order chi connectivity index (χ0) is 22.8. The van der Waals surface area contributed by atoms with Gasteiger partial charge < -0.3 is 23.4 Å². The van der Waals surface area contributed by atoms with E-state index < -0.39 is 5.63 Å². The fourth-order valence-electron chi connectivity index (χ4n) is 3.70. The van der Waals surface area contributed by atoms with Gasteiger partial charge in [0.15, 0.2) is 11.5 Å². The lowest BCUT2D eigenvalue weighted by atomic mass is 10.0. The highest BCUT2D eigenvalue weighted by atomic mass is 35.5. The number of hydrogen-bond acceptors (Lipinski definition) is 7. The van der Waals surface area contributed by atoms with Crippen LogP contribution in [0.4, 0.5) is 0 Å². The lowest BCUT2D eigenvalue weighted by Crippen LogP contribution is -2.14. The molecule has 0 saturated heterocycles. The van der Waals surface area contributed by atoms with E-state index in [1.807, 2.05) is 26.0 Å². The Balaban J connectivity index is 1.58. The third kappa shape index (κ3) is 4.25. The van der Waals surface area contributed by atoms with Gasteiger partial charge in [0.05, 0.1) is 11.6 Å². The molecule has 0 radical (unpaired) electrons. The van der Waals surface area contributed by atoms with Crippen LogP contribution < -0.4 is 19.8 Å². The Morgan fingerprint density at radius 2 is 1.88 bits per heavy atom. The van der Waals surface area contributed by atoms with Gasteiger partial charge in [-0.3, -0.25) is 4.79 Å². The summed E-state index contributed by atoms with van der Waals surface area (Å²) in [6, 6.07) is 7.18. The molecule has 0 atom stereocenters. The molecule has 0 saturated carbocycles. The van der Waals surface area contributed by atoms with Crippen LogP contribution in [-0.2, 0) is 22.6 Å². The Hall–Kier alpha value is -3.19. The van der Waals surface area contributed by atoms with E-state index in [1.165, 1.54) is 0 Å². The van der Waals surface area contributed by atoms with Crippen molar-refractivity contribution in [2.45, 2.75) is 40.2 Å². The molecule has 32 heavy (non-hydrogen) atoms. The number of carbonyl (C=O) groups is 1. The van der Waals surface area contributed by atoms with Gasteiger partial charge in [0.2, 0.25) is 6.79 Å². The molecule has 0 fully saturated rings. The van der Waals surface area contributed by atoms with Gasteiger partial charge in [-0.15, -0.1) is 0 Å². The maximum absolute atomic E-state index is 12.6. The van der Waals surface area contributed by atoms with Gasteiger partial charge in [-0.25, -0.2) is 4.79 Å². The third-order valence-corrected chi connectivity index (χ3v) is 5.82. The molecular weight excluding hydrogens is 436 g/mol. The van der Waals surface area contributed by atoms with Crippen LogP contribution in [0.2, 0.25) is 5.02 Å². The molecule has 0 amide bonds. The standard InChI is InChI=1S/C24H23ClO7/c1-4-28-22(26)8-6-17-13(2)16-5-7-19(14(3)23(16)32-24(17)27)29-11-15-9-20-21(10-18(15)25)31-12-30-20/h5,7,9-10H,4,6,8,11-12H2,1-3H3. The first-order valence-corrected chi connectivity index (χ1v) is 10.7. The molecule has 0 unspecified atom stereocenters. The van der Waals surface area contributed by atoms with Gasteiger partial charge in [-0.2, -0.15) is 0 Å². The molecule has 7 nitrogen and oxygen atoms in total. The maximum atomic E-state index is 12.6. The van der Waals surface area contributed by atoms with Crippen LogP contribution in [0.15, 0.2) is 33.5 Å². The Morgan fingerprint density at radius 3 is 2.62 bits per heavy atom. The van der Waals surface area contributed by atoms with Crippen molar-refractivity contribution in [3.8, 4) is 17.2 Å². The second-order valence-corrected chi connectivity index (χ2v) is 7.86. The van der Waals surface area contributed by atoms with Gasteiger partial charge in [0.1, 0.15) is 17.9 Å². The fourth-order valence-corrected chi connectivity index (χ4v) is 3.91. The van der Waals surface area contributed by atoms with E-state index in [-0.39, 0.29) is 32.2 Å². The highest BCUT2D eigenvalue weighted by Crippen LogP contribution is 2.37. The number of aryl methyl sites for hydroxylation is 2. The highest BCUT2D eigenvalue weighted by molar-refractivity contribution is 6.31. The van der Waals surface area contributed by atoms with E-state index in [4.69, 9.17) is 35.0 Å². The zero-order valence-electron chi connectivity index (χ0n) is 18.1. The van der Waals surface area contributed by atoms with E-state index in [1.54, 1.807) is 19.1 Å². The van der Waals surface area contributed by atoms with Crippen molar-refractivity contribution in [2.75, 3.05) is 13.4 Å². The van der Waals surface area contributed by atoms with Crippen LogP contribution in [0.3, 0.4) is 0 Å². The Kier molecular flexibility index (Phi) is 6.28.